The second-order valence-corrected chi connectivity index (χ2v) is 3.28. The Balaban J connectivity index is 3.09. The molecule has 1 rings (SSSR count). The van der Waals surface area contributed by atoms with Crippen LogP contribution in [0.15, 0.2) is 6.07 Å². The van der Waals surface area contributed by atoms with Crippen molar-refractivity contribution in [3.63, 3.8) is 0 Å². The monoisotopic (exact) mass is 230 g/mol. The second kappa shape index (κ2) is 4.87. The molecule has 0 aliphatic rings. The van der Waals surface area contributed by atoms with Crippen molar-refractivity contribution in [2.75, 3.05) is 12.8 Å². The summed E-state index contributed by atoms with van der Waals surface area (Å²) in [7, 11) is 1.22. The van der Waals surface area contributed by atoms with Crippen LogP contribution in [0.2, 0.25) is 0 Å². The van der Waals surface area contributed by atoms with Crippen molar-refractivity contribution >= 4 is 11.7 Å². The van der Waals surface area contributed by atoms with Gasteiger partial charge in [-0.1, -0.05) is 0 Å². The van der Waals surface area contributed by atoms with Gasteiger partial charge in [-0.3, -0.25) is 4.79 Å². The predicted octanol–water partition coefficient (Wildman–Crippen LogP) is 1.63. The standard InChI is InChI=1S/C10H12F2N2O2/c1-5-3-6(4-7(15)16-2)14-9(8(5)13)10(11)12/h3,10H,4,13H2,1-2H3. The number of hydrogen-bond acceptors (Lipinski definition) is 4. The molecule has 1 heterocycles. The van der Waals surface area contributed by atoms with Gasteiger partial charge in [-0.15, -0.1) is 0 Å². The molecule has 1 aromatic heterocycles. The average Bonchev–Trinajstić information content (AvgIpc) is 2.22. The van der Waals surface area contributed by atoms with E-state index >= 15 is 0 Å². The molecule has 0 atom stereocenters. The summed E-state index contributed by atoms with van der Waals surface area (Å²) in [5.41, 5.74) is 5.64. The van der Waals surface area contributed by atoms with Crippen LogP contribution in [0.3, 0.4) is 0 Å². The third-order valence-corrected chi connectivity index (χ3v) is 2.11. The minimum atomic E-state index is -2.75. The largest absolute Gasteiger partial charge is 0.469 e. The molecular formula is C10H12F2N2O2. The fourth-order valence-corrected chi connectivity index (χ4v) is 1.25. The van der Waals surface area contributed by atoms with Crippen LogP contribution in [0.4, 0.5) is 14.5 Å². The summed E-state index contributed by atoms with van der Waals surface area (Å²) < 4.78 is 29.5. The van der Waals surface area contributed by atoms with E-state index in [0.717, 1.165) is 0 Å². The van der Waals surface area contributed by atoms with E-state index in [1.165, 1.54) is 13.2 Å². The molecule has 0 saturated heterocycles. The third-order valence-electron chi connectivity index (χ3n) is 2.11. The van der Waals surface area contributed by atoms with Crippen molar-refractivity contribution in [1.82, 2.24) is 4.98 Å². The van der Waals surface area contributed by atoms with Gasteiger partial charge < -0.3 is 10.5 Å². The lowest BCUT2D eigenvalue weighted by atomic mass is 10.1. The van der Waals surface area contributed by atoms with Crippen molar-refractivity contribution in [1.29, 1.82) is 0 Å². The summed E-state index contributed by atoms with van der Waals surface area (Å²) in [5.74, 6) is -0.531. The number of methoxy groups -OCH3 is 1. The fraction of sp³-hybridized carbons (Fsp3) is 0.400. The van der Waals surface area contributed by atoms with Gasteiger partial charge in [0, 0.05) is 0 Å². The van der Waals surface area contributed by atoms with E-state index in [2.05, 4.69) is 9.72 Å². The highest BCUT2D eigenvalue weighted by Gasteiger charge is 2.17. The number of alkyl halides is 2. The van der Waals surface area contributed by atoms with Crippen molar-refractivity contribution in [2.45, 2.75) is 19.8 Å². The van der Waals surface area contributed by atoms with Gasteiger partial charge in [-0.05, 0) is 18.6 Å². The first kappa shape index (κ1) is 12.4. The normalized spacial score (nSPS) is 10.6. The number of aryl methyl sites for hydroxylation is 1. The van der Waals surface area contributed by atoms with Crippen molar-refractivity contribution in [3.05, 3.63) is 23.0 Å². The topological polar surface area (TPSA) is 65.2 Å². The van der Waals surface area contributed by atoms with Crippen LogP contribution < -0.4 is 5.73 Å². The van der Waals surface area contributed by atoms with Gasteiger partial charge in [0.25, 0.3) is 6.43 Å². The van der Waals surface area contributed by atoms with Gasteiger partial charge in [-0.2, -0.15) is 0 Å². The first-order valence-corrected chi connectivity index (χ1v) is 4.56. The molecule has 0 saturated carbocycles. The molecule has 2 N–H and O–H groups in total. The number of ether oxygens (including phenoxy) is 1. The minimum Gasteiger partial charge on any atom is -0.469 e. The molecule has 0 radical (unpaired) electrons. The molecule has 0 unspecified atom stereocenters. The number of nitrogens with zero attached hydrogens (tertiary/aromatic N) is 1. The Morgan fingerprint density at radius 2 is 2.25 bits per heavy atom. The maximum atomic E-state index is 12.5. The van der Waals surface area contributed by atoms with Crippen LogP contribution in [0.25, 0.3) is 0 Å². The number of nitrogen functional groups attached to an aromatic ring is 1. The first-order chi connectivity index (χ1) is 7.45. The Morgan fingerprint density at radius 3 is 2.75 bits per heavy atom. The minimum absolute atomic E-state index is 0.0383. The molecule has 0 spiro atoms. The number of carbonyl (C=O) groups is 1. The second-order valence-electron chi connectivity index (χ2n) is 3.28. The van der Waals surface area contributed by atoms with E-state index in [9.17, 15) is 13.6 Å². The lowest BCUT2D eigenvalue weighted by molar-refractivity contribution is -0.139. The number of halogens is 2. The Bertz CT molecular complexity index is 408. The van der Waals surface area contributed by atoms with Gasteiger partial charge >= 0.3 is 5.97 Å². The highest BCUT2D eigenvalue weighted by Crippen LogP contribution is 2.26. The number of carbonyl (C=O) groups excluding carboxylic acids is 1. The molecule has 4 nitrogen and oxygen atoms in total. The van der Waals surface area contributed by atoms with E-state index in [1.807, 2.05) is 0 Å². The van der Waals surface area contributed by atoms with Gasteiger partial charge in [0.1, 0.15) is 5.69 Å². The van der Waals surface area contributed by atoms with E-state index in [0.29, 0.717) is 5.56 Å². The molecule has 16 heavy (non-hydrogen) atoms. The molecule has 0 amide bonds. The molecule has 0 aliphatic heterocycles. The lowest BCUT2D eigenvalue weighted by Gasteiger charge is -2.09. The highest BCUT2D eigenvalue weighted by atomic mass is 19.3. The molecule has 0 aliphatic carbocycles. The fourth-order valence-electron chi connectivity index (χ4n) is 1.25. The third kappa shape index (κ3) is 2.65. The number of anilines is 1. The summed E-state index contributed by atoms with van der Waals surface area (Å²) >= 11 is 0. The number of aromatic nitrogens is 1. The highest BCUT2D eigenvalue weighted by molar-refractivity contribution is 5.72. The smallest absolute Gasteiger partial charge is 0.311 e. The Kier molecular flexibility index (Phi) is 3.76. The van der Waals surface area contributed by atoms with E-state index in [1.54, 1.807) is 6.92 Å². The Hall–Kier alpha value is -1.72. The van der Waals surface area contributed by atoms with Gasteiger partial charge in [0.2, 0.25) is 0 Å². The van der Waals surface area contributed by atoms with E-state index in [4.69, 9.17) is 5.73 Å². The zero-order valence-corrected chi connectivity index (χ0v) is 8.96. The summed E-state index contributed by atoms with van der Waals surface area (Å²) in [6.45, 7) is 1.59. The maximum Gasteiger partial charge on any atom is 0.311 e. The first-order valence-electron chi connectivity index (χ1n) is 4.56. The van der Waals surface area contributed by atoms with Crippen LogP contribution in [-0.2, 0) is 16.0 Å². The van der Waals surface area contributed by atoms with Crippen molar-refractivity contribution in [3.8, 4) is 0 Å². The molecule has 0 aromatic carbocycles. The zero-order chi connectivity index (χ0) is 12.3. The van der Waals surface area contributed by atoms with Crippen LogP contribution in [0, 0.1) is 6.92 Å². The predicted molar refractivity (Wildman–Crippen MR) is 54.1 cm³/mol. The zero-order valence-electron chi connectivity index (χ0n) is 8.96. The van der Waals surface area contributed by atoms with Gasteiger partial charge in [0.15, 0.2) is 0 Å². The number of pyridine rings is 1. The van der Waals surface area contributed by atoms with Crippen molar-refractivity contribution in [2.24, 2.45) is 0 Å². The molecule has 88 valence electrons. The van der Waals surface area contributed by atoms with E-state index in [-0.39, 0.29) is 17.8 Å². The maximum absolute atomic E-state index is 12.5. The molecular weight excluding hydrogens is 218 g/mol. The van der Waals surface area contributed by atoms with Gasteiger partial charge in [0.05, 0.1) is 24.9 Å². The van der Waals surface area contributed by atoms with Crippen LogP contribution in [-0.4, -0.2) is 18.1 Å². The summed E-state index contributed by atoms with van der Waals surface area (Å²) in [4.78, 5) is 14.6. The van der Waals surface area contributed by atoms with Crippen LogP contribution >= 0.6 is 0 Å². The van der Waals surface area contributed by atoms with Crippen molar-refractivity contribution < 1.29 is 18.3 Å². The summed E-state index contributed by atoms with van der Waals surface area (Å²) in [6.07, 6.45) is -2.89. The Labute approximate surface area is 91.4 Å². The Morgan fingerprint density at radius 1 is 1.62 bits per heavy atom. The molecule has 1 aromatic rings. The quantitative estimate of drug-likeness (QED) is 0.801. The number of esters is 1. The van der Waals surface area contributed by atoms with Crippen LogP contribution in [0.1, 0.15) is 23.4 Å². The average molecular weight is 230 g/mol. The van der Waals surface area contributed by atoms with E-state index < -0.39 is 18.1 Å². The van der Waals surface area contributed by atoms with Gasteiger partial charge in [-0.25, -0.2) is 13.8 Å². The molecule has 0 fully saturated rings. The van der Waals surface area contributed by atoms with Crippen LogP contribution in [0.5, 0.6) is 0 Å². The SMILES string of the molecule is COC(=O)Cc1cc(C)c(N)c(C(F)F)n1. The lowest BCUT2D eigenvalue weighted by Crippen LogP contribution is -2.10. The summed E-state index contributed by atoms with van der Waals surface area (Å²) in [6, 6.07) is 1.50. The number of hydrogen-bond donors (Lipinski definition) is 1. The number of rotatable bonds is 3. The molecule has 0 bridgehead atoms. The number of nitrogens with two attached hydrogens (primary N) is 1. The summed E-state index contributed by atoms with van der Waals surface area (Å²) in [5, 5.41) is 0. The molecule has 6 heteroatoms.